The van der Waals surface area contributed by atoms with Gasteiger partial charge in [0.25, 0.3) is 0 Å². The summed E-state index contributed by atoms with van der Waals surface area (Å²) in [5.41, 5.74) is 1.88. The number of benzene rings is 1. The number of thiazole rings is 1. The lowest BCUT2D eigenvalue weighted by Crippen LogP contribution is -2.12. The van der Waals surface area contributed by atoms with Crippen molar-refractivity contribution in [3.63, 3.8) is 0 Å². The monoisotopic (exact) mass is 339 g/mol. The van der Waals surface area contributed by atoms with Crippen LogP contribution in [0.5, 0.6) is 0 Å². The molecule has 8 heteroatoms. The van der Waals surface area contributed by atoms with Crippen molar-refractivity contribution in [2.24, 2.45) is 0 Å². The maximum Gasteiger partial charge on any atom is 0.227 e. The molecule has 24 heavy (non-hydrogen) atoms. The van der Waals surface area contributed by atoms with Gasteiger partial charge < -0.3 is 14.8 Å². The number of nitrogens with one attached hydrogen (secondary N) is 2. The maximum atomic E-state index is 11.8. The summed E-state index contributed by atoms with van der Waals surface area (Å²) in [5, 5.41) is 10.2. The van der Waals surface area contributed by atoms with Gasteiger partial charge in [0.2, 0.25) is 17.6 Å². The Morgan fingerprint density at radius 1 is 1.33 bits per heavy atom. The van der Waals surface area contributed by atoms with Gasteiger partial charge in [-0.15, -0.1) is 11.3 Å². The average molecular weight is 339 g/mol. The quantitative estimate of drug-likeness (QED) is 0.582. The number of carbonyl (C=O) groups excluding carboxylic acids is 1. The van der Waals surface area contributed by atoms with Crippen LogP contribution in [-0.4, -0.2) is 26.0 Å². The number of rotatable bonds is 5. The minimum Gasteiger partial charge on any atom is -0.361 e. The van der Waals surface area contributed by atoms with E-state index >= 15 is 0 Å². The van der Waals surface area contributed by atoms with Crippen LogP contribution in [0.15, 0.2) is 46.6 Å². The molecule has 0 fully saturated rings. The van der Waals surface area contributed by atoms with E-state index in [0.717, 1.165) is 16.5 Å². The minimum absolute atomic E-state index is 0.127. The van der Waals surface area contributed by atoms with E-state index in [2.05, 4.69) is 25.4 Å². The zero-order valence-electron chi connectivity index (χ0n) is 12.5. The molecule has 3 heterocycles. The van der Waals surface area contributed by atoms with Gasteiger partial charge in [-0.05, 0) is 17.5 Å². The van der Waals surface area contributed by atoms with Crippen LogP contribution in [0.25, 0.3) is 22.3 Å². The third-order valence-corrected chi connectivity index (χ3v) is 4.21. The SMILES string of the molecule is O=C(CCc1nc(-c2ccc3cc[nH]c3c2)no1)Nc1nccs1. The molecular weight excluding hydrogens is 326 g/mol. The number of aryl methyl sites for hydroxylation is 1. The molecule has 0 bridgehead atoms. The molecule has 0 radical (unpaired) electrons. The molecule has 4 aromatic rings. The van der Waals surface area contributed by atoms with Gasteiger partial charge in [0.1, 0.15) is 0 Å². The molecule has 0 aliphatic heterocycles. The highest BCUT2D eigenvalue weighted by atomic mass is 32.1. The number of aromatic nitrogens is 4. The van der Waals surface area contributed by atoms with E-state index in [1.165, 1.54) is 11.3 Å². The zero-order valence-corrected chi connectivity index (χ0v) is 13.3. The van der Waals surface area contributed by atoms with Gasteiger partial charge in [0.05, 0.1) is 0 Å². The van der Waals surface area contributed by atoms with Crippen molar-refractivity contribution >= 4 is 33.3 Å². The fraction of sp³-hybridized carbons (Fsp3) is 0.125. The van der Waals surface area contributed by atoms with Crippen molar-refractivity contribution in [3.8, 4) is 11.4 Å². The largest absolute Gasteiger partial charge is 0.361 e. The molecule has 2 N–H and O–H groups in total. The molecule has 0 spiro atoms. The van der Waals surface area contributed by atoms with E-state index in [1.54, 1.807) is 11.6 Å². The van der Waals surface area contributed by atoms with Crippen molar-refractivity contribution in [3.05, 3.63) is 47.9 Å². The summed E-state index contributed by atoms with van der Waals surface area (Å²) < 4.78 is 5.23. The second-order valence-corrected chi connectivity index (χ2v) is 6.07. The molecule has 0 unspecified atom stereocenters. The fourth-order valence-corrected chi connectivity index (χ4v) is 2.89. The highest BCUT2D eigenvalue weighted by molar-refractivity contribution is 7.13. The van der Waals surface area contributed by atoms with Gasteiger partial charge in [-0.1, -0.05) is 17.3 Å². The molecule has 1 amide bonds. The number of carbonyl (C=O) groups is 1. The van der Waals surface area contributed by atoms with E-state index in [1.807, 2.05) is 30.5 Å². The van der Waals surface area contributed by atoms with Crippen LogP contribution in [0.4, 0.5) is 5.13 Å². The second-order valence-electron chi connectivity index (χ2n) is 5.18. The Morgan fingerprint density at radius 2 is 2.29 bits per heavy atom. The van der Waals surface area contributed by atoms with Crippen molar-refractivity contribution < 1.29 is 9.32 Å². The number of H-pyrrole nitrogens is 1. The number of amides is 1. The molecule has 120 valence electrons. The number of nitrogens with zero attached hydrogens (tertiary/aromatic N) is 3. The molecule has 0 saturated heterocycles. The molecule has 0 atom stereocenters. The fourth-order valence-electron chi connectivity index (χ4n) is 2.35. The third-order valence-electron chi connectivity index (χ3n) is 3.53. The lowest BCUT2D eigenvalue weighted by atomic mass is 10.1. The summed E-state index contributed by atoms with van der Waals surface area (Å²) in [6.07, 6.45) is 4.18. The predicted molar refractivity (Wildman–Crippen MR) is 90.7 cm³/mol. The van der Waals surface area contributed by atoms with Crippen LogP contribution in [0.3, 0.4) is 0 Å². The third kappa shape index (κ3) is 3.04. The average Bonchev–Trinajstić information content (AvgIpc) is 3.33. The number of aromatic amines is 1. The Bertz CT molecular complexity index is 973. The van der Waals surface area contributed by atoms with Crippen LogP contribution >= 0.6 is 11.3 Å². The molecule has 0 aliphatic rings. The van der Waals surface area contributed by atoms with Crippen molar-refractivity contribution in [1.82, 2.24) is 20.1 Å². The van der Waals surface area contributed by atoms with Gasteiger partial charge >= 0.3 is 0 Å². The molecule has 3 aromatic heterocycles. The molecular formula is C16H13N5O2S. The first-order chi connectivity index (χ1) is 11.8. The van der Waals surface area contributed by atoms with Gasteiger partial charge in [-0.2, -0.15) is 4.98 Å². The summed E-state index contributed by atoms with van der Waals surface area (Å²) in [5.74, 6) is 0.824. The van der Waals surface area contributed by atoms with Crippen LogP contribution in [0.2, 0.25) is 0 Å². The van der Waals surface area contributed by atoms with Gasteiger partial charge in [-0.3, -0.25) is 4.79 Å². The first-order valence-corrected chi connectivity index (χ1v) is 8.25. The van der Waals surface area contributed by atoms with E-state index in [-0.39, 0.29) is 12.3 Å². The standard InChI is InChI=1S/C16H13N5O2S/c22-13(19-16-18-7-8-24-16)3-4-14-20-15(21-23-14)11-2-1-10-5-6-17-12(10)9-11/h1-2,5-9,17H,3-4H2,(H,18,19,22). The number of hydrogen-bond acceptors (Lipinski definition) is 6. The van der Waals surface area contributed by atoms with Crippen LogP contribution in [0.1, 0.15) is 12.3 Å². The summed E-state index contributed by atoms with van der Waals surface area (Å²) >= 11 is 1.38. The highest BCUT2D eigenvalue weighted by Gasteiger charge is 2.12. The molecule has 0 aliphatic carbocycles. The minimum atomic E-state index is -0.127. The maximum absolute atomic E-state index is 11.8. The molecule has 1 aromatic carbocycles. The summed E-state index contributed by atoms with van der Waals surface area (Å²) in [4.78, 5) is 23.4. The van der Waals surface area contributed by atoms with Gasteiger partial charge in [0.15, 0.2) is 5.13 Å². The summed E-state index contributed by atoms with van der Waals surface area (Å²) in [6, 6.07) is 7.92. The molecule has 7 nitrogen and oxygen atoms in total. The van der Waals surface area contributed by atoms with E-state index in [9.17, 15) is 4.79 Å². The number of anilines is 1. The van der Waals surface area contributed by atoms with Crippen molar-refractivity contribution in [2.45, 2.75) is 12.8 Å². The van der Waals surface area contributed by atoms with E-state index < -0.39 is 0 Å². The van der Waals surface area contributed by atoms with Gasteiger partial charge in [0, 0.05) is 41.7 Å². The molecule has 0 saturated carbocycles. The van der Waals surface area contributed by atoms with Crippen molar-refractivity contribution in [2.75, 3.05) is 5.32 Å². The zero-order chi connectivity index (χ0) is 16.4. The highest BCUT2D eigenvalue weighted by Crippen LogP contribution is 2.21. The Morgan fingerprint density at radius 3 is 3.17 bits per heavy atom. The Balaban J connectivity index is 1.41. The Kier molecular flexibility index (Phi) is 3.80. The smallest absolute Gasteiger partial charge is 0.227 e. The molecule has 4 rings (SSSR count). The van der Waals surface area contributed by atoms with E-state index in [0.29, 0.717) is 23.3 Å². The summed E-state index contributed by atoms with van der Waals surface area (Å²) in [7, 11) is 0. The summed E-state index contributed by atoms with van der Waals surface area (Å²) in [6.45, 7) is 0. The predicted octanol–water partition coefficient (Wildman–Crippen LogP) is 3.25. The Labute approximate surface area is 140 Å². The lowest BCUT2D eigenvalue weighted by Gasteiger charge is -1.98. The number of hydrogen-bond donors (Lipinski definition) is 2. The van der Waals surface area contributed by atoms with E-state index in [4.69, 9.17) is 4.52 Å². The normalized spacial score (nSPS) is 11.0. The first kappa shape index (κ1) is 14.6. The topological polar surface area (TPSA) is 96.7 Å². The first-order valence-electron chi connectivity index (χ1n) is 7.37. The van der Waals surface area contributed by atoms with Crippen LogP contribution in [0, 0.1) is 0 Å². The Hall–Kier alpha value is -3.00. The van der Waals surface area contributed by atoms with Crippen molar-refractivity contribution in [1.29, 1.82) is 0 Å². The second kappa shape index (κ2) is 6.25. The number of fused-ring (bicyclic) bond motifs is 1. The van der Waals surface area contributed by atoms with Crippen LogP contribution < -0.4 is 5.32 Å². The van der Waals surface area contributed by atoms with Gasteiger partial charge in [-0.25, -0.2) is 4.98 Å². The lowest BCUT2D eigenvalue weighted by molar-refractivity contribution is -0.116. The van der Waals surface area contributed by atoms with Crippen LogP contribution in [-0.2, 0) is 11.2 Å².